The van der Waals surface area contributed by atoms with Crippen molar-refractivity contribution < 1.29 is 13.9 Å². The monoisotopic (exact) mass is 393 g/mol. The fourth-order valence-electron chi connectivity index (χ4n) is 2.11. The molecule has 19 heavy (non-hydrogen) atoms. The Morgan fingerprint density at radius 3 is 2.89 bits per heavy atom. The van der Waals surface area contributed by atoms with Crippen LogP contribution in [0, 0.1) is 5.82 Å². The lowest BCUT2D eigenvalue weighted by molar-refractivity contribution is -0.0559. The van der Waals surface area contributed by atoms with E-state index in [0.29, 0.717) is 28.5 Å². The second-order valence-corrected chi connectivity index (χ2v) is 6.06. The van der Waals surface area contributed by atoms with Crippen molar-refractivity contribution in [3.05, 3.63) is 34.1 Å². The van der Waals surface area contributed by atoms with Gasteiger partial charge in [0.1, 0.15) is 5.82 Å². The van der Waals surface area contributed by atoms with Gasteiger partial charge >= 0.3 is 0 Å². The number of ether oxygens (including phenoxy) is 1. The van der Waals surface area contributed by atoms with Crippen LogP contribution in [0.4, 0.5) is 4.39 Å². The highest BCUT2D eigenvalue weighted by Crippen LogP contribution is 2.20. The largest absolute Gasteiger partial charge is 0.371 e. The summed E-state index contributed by atoms with van der Waals surface area (Å²) in [6.45, 7) is 2.98. The molecule has 0 aliphatic carbocycles. The Labute approximate surface area is 128 Å². The normalized spacial score (nSPS) is 23.5. The van der Waals surface area contributed by atoms with Gasteiger partial charge in [-0.15, -0.1) is 0 Å². The van der Waals surface area contributed by atoms with Gasteiger partial charge in [0.05, 0.1) is 16.7 Å². The molecular weight excluding hydrogens is 381 g/mol. The number of nitrogens with zero attached hydrogens (tertiary/aromatic N) is 1. The van der Waals surface area contributed by atoms with E-state index in [1.54, 1.807) is 17.0 Å². The number of hydrogen-bond donors (Lipinski definition) is 0. The first-order chi connectivity index (χ1) is 9.01. The van der Waals surface area contributed by atoms with E-state index in [-0.39, 0.29) is 18.1 Å². The predicted molar refractivity (Wildman–Crippen MR) is 78.1 cm³/mol. The van der Waals surface area contributed by atoms with Crippen molar-refractivity contribution in [2.45, 2.75) is 19.1 Å². The van der Waals surface area contributed by atoms with Crippen LogP contribution in [-0.2, 0) is 4.74 Å². The van der Waals surface area contributed by atoms with E-state index >= 15 is 0 Å². The van der Waals surface area contributed by atoms with Crippen LogP contribution >= 0.6 is 31.9 Å². The molecule has 0 spiro atoms. The SMILES string of the molecule is CC1CN(C(=O)c2ccc(Br)c(F)c2)CC(CBr)O1. The summed E-state index contributed by atoms with van der Waals surface area (Å²) in [5.74, 6) is -0.586. The lowest BCUT2D eigenvalue weighted by Gasteiger charge is -2.36. The molecule has 0 N–H and O–H groups in total. The van der Waals surface area contributed by atoms with Gasteiger partial charge in [0.25, 0.3) is 5.91 Å². The summed E-state index contributed by atoms with van der Waals surface area (Å²) in [5, 5.41) is 0.676. The Morgan fingerprint density at radius 2 is 2.26 bits per heavy atom. The summed E-state index contributed by atoms with van der Waals surface area (Å²) in [4.78, 5) is 14.1. The lowest BCUT2D eigenvalue weighted by Crippen LogP contribution is -2.49. The van der Waals surface area contributed by atoms with Crippen molar-refractivity contribution in [1.82, 2.24) is 4.90 Å². The number of benzene rings is 1. The van der Waals surface area contributed by atoms with E-state index in [1.807, 2.05) is 6.92 Å². The van der Waals surface area contributed by atoms with Crippen LogP contribution in [0.25, 0.3) is 0 Å². The minimum Gasteiger partial charge on any atom is -0.371 e. The Balaban J connectivity index is 2.16. The maximum absolute atomic E-state index is 13.5. The zero-order valence-corrected chi connectivity index (χ0v) is 13.6. The maximum Gasteiger partial charge on any atom is 0.254 e. The molecule has 0 bridgehead atoms. The zero-order valence-electron chi connectivity index (χ0n) is 10.4. The van der Waals surface area contributed by atoms with E-state index < -0.39 is 5.82 Å². The van der Waals surface area contributed by atoms with E-state index in [2.05, 4.69) is 31.9 Å². The average molecular weight is 395 g/mol. The van der Waals surface area contributed by atoms with Crippen LogP contribution in [0.2, 0.25) is 0 Å². The zero-order chi connectivity index (χ0) is 14.0. The molecule has 1 aromatic rings. The number of amides is 1. The van der Waals surface area contributed by atoms with Gasteiger partial charge in [-0.3, -0.25) is 4.79 Å². The van der Waals surface area contributed by atoms with Gasteiger partial charge in [-0.1, -0.05) is 15.9 Å². The van der Waals surface area contributed by atoms with Gasteiger partial charge in [-0.2, -0.15) is 0 Å². The van der Waals surface area contributed by atoms with Gasteiger partial charge in [0.2, 0.25) is 0 Å². The van der Waals surface area contributed by atoms with E-state index in [1.165, 1.54) is 6.07 Å². The van der Waals surface area contributed by atoms with Gasteiger partial charge in [0.15, 0.2) is 0 Å². The highest BCUT2D eigenvalue weighted by atomic mass is 79.9. The number of rotatable bonds is 2. The predicted octanol–water partition coefficient (Wildman–Crippen LogP) is 3.21. The van der Waals surface area contributed by atoms with Crippen LogP contribution in [-0.4, -0.2) is 41.4 Å². The number of carbonyl (C=O) groups is 1. The molecule has 2 unspecified atom stereocenters. The number of alkyl halides is 1. The quantitative estimate of drug-likeness (QED) is 0.721. The molecule has 0 aromatic heterocycles. The third-order valence-electron chi connectivity index (χ3n) is 2.95. The summed E-state index contributed by atoms with van der Waals surface area (Å²) in [7, 11) is 0. The van der Waals surface area contributed by atoms with E-state index in [4.69, 9.17) is 4.74 Å². The van der Waals surface area contributed by atoms with Crippen molar-refractivity contribution in [3.8, 4) is 0 Å². The molecule has 6 heteroatoms. The second-order valence-electron chi connectivity index (χ2n) is 4.56. The first-order valence-electron chi connectivity index (χ1n) is 5.97. The van der Waals surface area contributed by atoms with Crippen molar-refractivity contribution >= 4 is 37.8 Å². The molecule has 0 radical (unpaired) electrons. The molecule has 1 fully saturated rings. The molecule has 2 atom stereocenters. The minimum absolute atomic E-state index is 0.0134. The average Bonchev–Trinajstić information content (AvgIpc) is 2.40. The third-order valence-corrected chi connectivity index (χ3v) is 4.32. The first kappa shape index (κ1) is 14.9. The Kier molecular flexibility index (Phi) is 4.97. The molecule has 1 heterocycles. The standard InChI is InChI=1S/C13H14Br2FNO2/c1-8-6-17(7-10(5-14)19-8)13(18)9-2-3-11(15)12(16)4-9/h2-4,8,10H,5-7H2,1H3. The van der Waals surface area contributed by atoms with Crippen molar-refractivity contribution in [1.29, 1.82) is 0 Å². The van der Waals surface area contributed by atoms with E-state index in [0.717, 1.165) is 0 Å². The highest BCUT2D eigenvalue weighted by molar-refractivity contribution is 9.10. The van der Waals surface area contributed by atoms with Crippen LogP contribution in [0.1, 0.15) is 17.3 Å². The van der Waals surface area contributed by atoms with Crippen LogP contribution < -0.4 is 0 Å². The van der Waals surface area contributed by atoms with Crippen LogP contribution in [0.15, 0.2) is 22.7 Å². The summed E-state index contributed by atoms with van der Waals surface area (Å²) >= 11 is 6.44. The third kappa shape index (κ3) is 3.55. The van der Waals surface area contributed by atoms with E-state index in [9.17, 15) is 9.18 Å². The molecule has 1 aliphatic heterocycles. The minimum atomic E-state index is -0.427. The van der Waals surface area contributed by atoms with Gasteiger partial charge in [-0.05, 0) is 41.1 Å². The molecule has 2 rings (SSSR count). The van der Waals surface area contributed by atoms with Crippen molar-refractivity contribution in [3.63, 3.8) is 0 Å². The fraction of sp³-hybridized carbons (Fsp3) is 0.462. The van der Waals surface area contributed by atoms with Crippen LogP contribution in [0.5, 0.6) is 0 Å². The van der Waals surface area contributed by atoms with Gasteiger partial charge in [0, 0.05) is 24.0 Å². The molecular formula is C13H14Br2FNO2. The Hall–Kier alpha value is -0.460. The lowest BCUT2D eigenvalue weighted by atomic mass is 10.1. The van der Waals surface area contributed by atoms with Crippen molar-refractivity contribution in [2.24, 2.45) is 0 Å². The molecule has 1 saturated heterocycles. The highest BCUT2D eigenvalue weighted by Gasteiger charge is 2.28. The van der Waals surface area contributed by atoms with Gasteiger partial charge < -0.3 is 9.64 Å². The molecule has 0 saturated carbocycles. The number of hydrogen-bond acceptors (Lipinski definition) is 2. The van der Waals surface area contributed by atoms with Crippen molar-refractivity contribution in [2.75, 3.05) is 18.4 Å². The molecule has 1 amide bonds. The summed E-state index contributed by atoms with van der Waals surface area (Å²) in [5.41, 5.74) is 0.364. The molecule has 1 aromatic carbocycles. The summed E-state index contributed by atoms with van der Waals surface area (Å²) in [6, 6.07) is 4.43. The smallest absolute Gasteiger partial charge is 0.254 e. The number of carbonyl (C=O) groups excluding carboxylic acids is 1. The maximum atomic E-state index is 13.5. The second kappa shape index (κ2) is 6.33. The van der Waals surface area contributed by atoms with Crippen LogP contribution in [0.3, 0.4) is 0 Å². The first-order valence-corrected chi connectivity index (χ1v) is 7.88. The topological polar surface area (TPSA) is 29.5 Å². The Bertz CT molecular complexity index is 484. The number of halogens is 3. The molecule has 1 aliphatic rings. The molecule has 104 valence electrons. The summed E-state index contributed by atoms with van der Waals surface area (Å²) < 4.78 is 19.5. The van der Waals surface area contributed by atoms with Gasteiger partial charge in [-0.25, -0.2) is 4.39 Å². The Morgan fingerprint density at radius 1 is 1.53 bits per heavy atom. The summed E-state index contributed by atoms with van der Waals surface area (Å²) in [6.07, 6.45) is -0.0338. The molecule has 3 nitrogen and oxygen atoms in total. The fourth-order valence-corrected chi connectivity index (χ4v) is 2.71. The number of morpholine rings is 1.